The van der Waals surface area contributed by atoms with E-state index < -0.39 is 0 Å². The van der Waals surface area contributed by atoms with E-state index in [2.05, 4.69) is 42.6 Å². The number of nitriles is 1. The van der Waals surface area contributed by atoms with Gasteiger partial charge in [0.05, 0.1) is 11.6 Å². The number of urea groups is 1. The van der Waals surface area contributed by atoms with Crippen LogP contribution < -0.4 is 5.32 Å². The van der Waals surface area contributed by atoms with Crippen LogP contribution in [0, 0.1) is 11.3 Å². The van der Waals surface area contributed by atoms with Gasteiger partial charge in [0.1, 0.15) is 0 Å². The highest BCUT2D eigenvalue weighted by atomic mass is 16.2. The first-order valence-electron chi connectivity index (χ1n) is 7.57. The Kier molecular flexibility index (Phi) is 5.37. The van der Waals surface area contributed by atoms with Crippen LogP contribution in [0.15, 0.2) is 48.5 Å². The van der Waals surface area contributed by atoms with Crippen LogP contribution in [-0.4, -0.2) is 31.6 Å². The number of nitrogens with one attached hydrogen (secondary N) is 1. The normalized spacial score (nSPS) is 11.4. The van der Waals surface area contributed by atoms with E-state index in [4.69, 9.17) is 5.26 Å². The monoisotopic (exact) mass is 307 g/mol. The lowest BCUT2D eigenvalue weighted by Gasteiger charge is -2.16. The fraction of sp³-hybridized carbons (Fsp3) is 0.263. The zero-order valence-electron chi connectivity index (χ0n) is 13.7. The minimum atomic E-state index is -0.0777. The highest BCUT2D eigenvalue weighted by Crippen LogP contribution is 2.23. The van der Waals surface area contributed by atoms with Crippen molar-refractivity contribution >= 4 is 6.03 Å². The van der Waals surface area contributed by atoms with Gasteiger partial charge in [-0.1, -0.05) is 43.3 Å². The average molecular weight is 307 g/mol. The summed E-state index contributed by atoms with van der Waals surface area (Å²) in [5.74, 6) is 0.244. The summed E-state index contributed by atoms with van der Waals surface area (Å²) in [5.41, 5.74) is 4.05. The molecule has 23 heavy (non-hydrogen) atoms. The number of hydrogen-bond donors (Lipinski definition) is 1. The smallest absolute Gasteiger partial charge is 0.316 e. The van der Waals surface area contributed by atoms with Crippen molar-refractivity contribution in [1.29, 1.82) is 5.26 Å². The quantitative estimate of drug-likeness (QED) is 0.938. The van der Waals surface area contributed by atoms with Crippen LogP contribution in [0.4, 0.5) is 4.79 Å². The van der Waals surface area contributed by atoms with E-state index in [-0.39, 0.29) is 11.9 Å². The van der Waals surface area contributed by atoms with Gasteiger partial charge in [-0.15, -0.1) is 0 Å². The van der Waals surface area contributed by atoms with Gasteiger partial charge in [-0.05, 0) is 34.7 Å². The van der Waals surface area contributed by atoms with Gasteiger partial charge >= 0.3 is 6.03 Å². The molecule has 2 aromatic carbocycles. The predicted octanol–water partition coefficient (Wildman–Crippen LogP) is 3.60. The number of carbonyl (C=O) groups is 1. The zero-order valence-corrected chi connectivity index (χ0v) is 13.7. The molecule has 2 rings (SSSR count). The Morgan fingerprint density at radius 1 is 1.09 bits per heavy atom. The second-order valence-electron chi connectivity index (χ2n) is 5.79. The Balaban J connectivity index is 2.03. The fourth-order valence-electron chi connectivity index (χ4n) is 2.26. The summed E-state index contributed by atoms with van der Waals surface area (Å²) >= 11 is 0. The van der Waals surface area contributed by atoms with Crippen LogP contribution in [0.5, 0.6) is 0 Å². The number of hydrogen-bond acceptors (Lipinski definition) is 2. The van der Waals surface area contributed by atoms with Gasteiger partial charge in [-0.3, -0.25) is 0 Å². The fourth-order valence-corrected chi connectivity index (χ4v) is 2.26. The van der Waals surface area contributed by atoms with Crippen molar-refractivity contribution in [1.82, 2.24) is 10.2 Å². The van der Waals surface area contributed by atoms with Crippen LogP contribution in [0.3, 0.4) is 0 Å². The summed E-state index contributed by atoms with van der Waals surface area (Å²) < 4.78 is 0. The van der Waals surface area contributed by atoms with Crippen molar-refractivity contribution in [2.24, 2.45) is 0 Å². The molecule has 0 radical (unpaired) electrons. The molecule has 1 atom stereocenters. The molecular formula is C19H21N3O. The average Bonchev–Trinajstić information content (AvgIpc) is 2.59. The number of rotatable bonds is 4. The molecule has 118 valence electrons. The summed E-state index contributed by atoms with van der Waals surface area (Å²) in [5, 5.41) is 11.7. The minimum Gasteiger partial charge on any atom is -0.337 e. The van der Waals surface area contributed by atoms with Gasteiger partial charge in [-0.25, -0.2) is 4.79 Å². The van der Waals surface area contributed by atoms with E-state index in [1.54, 1.807) is 14.1 Å². The largest absolute Gasteiger partial charge is 0.337 e. The first kappa shape index (κ1) is 16.6. The van der Waals surface area contributed by atoms with Gasteiger partial charge in [0.2, 0.25) is 0 Å². The summed E-state index contributed by atoms with van der Waals surface area (Å²) in [6, 6.07) is 17.9. The molecule has 0 spiro atoms. The molecule has 0 aliphatic heterocycles. The molecule has 2 aromatic rings. The molecule has 0 aliphatic carbocycles. The topological polar surface area (TPSA) is 56.1 Å². The first-order chi connectivity index (χ1) is 11.0. The molecule has 0 heterocycles. The van der Waals surface area contributed by atoms with E-state index in [9.17, 15) is 4.79 Å². The summed E-state index contributed by atoms with van der Waals surface area (Å²) in [7, 11) is 3.46. The lowest BCUT2D eigenvalue weighted by molar-refractivity contribution is 0.217. The number of carbonyl (C=O) groups excluding carboxylic acids is 1. The second kappa shape index (κ2) is 7.46. The summed E-state index contributed by atoms with van der Waals surface area (Å²) in [4.78, 5) is 13.1. The van der Waals surface area contributed by atoms with E-state index in [1.807, 2.05) is 24.3 Å². The Hall–Kier alpha value is -2.80. The minimum absolute atomic E-state index is 0.0777. The van der Waals surface area contributed by atoms with Crippen molar-refractivity contribution in [3.05, 3.63) is 59.7 Å². The lowest BCUT2D eigenvalue weighted by atomic mass is 9.97. The van der Waals surface area contributed by atoms with Crippen LogP contribution in [-0.2, 0) is 0 Å². The van der Waals surface area contributed by atoms with Crippen molar-refractivity contribution in [3.63, 3.8) is 0 Å². The molecule has 1 unspecified atom stereocenters. The molecule has 1 N–H and O–H groups in total. The summed E-state index contributed by atoms with van der Waals surface area (Å²) in [6.07, 6.45) is 0. The number of benzene rings is 2. The maximum Gasteiger partial charge on any atom is 0.316 e. The summed E-state index contributed by atoms with van der Waals surface area (Å²) in [6.45, 7) is 2.69. The molecule has 4 nitrogen and oxygen atoms in total. The van der Waals surface area contributed by atoms with Gasteiger partial charge in [0.25, 0.3) is 0 Å². The molecule has 0 aromatic heterocycles. The van der Waals surface area contributed by atoms with E-state index >= 15 is 0 Å². The first-order valence-corrected chi connectivity index (χ1v) is 7.57. The molecule has 2 amide bonds. The van der Waals surface area contributed by atoms with Crippen LogP contribution >= 0.6 is 0 Å². The zero-order chi connectivity index (χ0) is 16.8. The highest BCUT2D eigenvalue weighted by Gasteiger charge is 2.09. The Bertz CT molecular complexity index is 697. The lowest BCUT2D eigenvalue weighted by Crippen LogP contribution is -2.36. The number of nitrogens with zero attached hydrogens (tertiary/aromatic N) is 2. The molecule has 0 aliphatic rings. The third-order valence-corrected chi connectivity index (χ3v) is 3.79. The molecule has 4 heteroatoms. The van der Waals surface area contributed by atoms with Gasteiger partial charge in [0, 0.05) is 20.6 Å². The third kappa shape index (κ3) is 4.33. The molecular weight excluding hydrogens is 286 g/mol. The SMILES string of the molecule is CC(CNC(=O)N(C)C)c1ccc(-c2ccc(C#N)cc2)cc1. The van der Waals surface area contributed by atoms with Gasteiger partial charge in [0.15, 0.2) is 0 Å². The number of amides is 2. The van der Waals surface area contributed by atoms with E-state index in [0.717, 1.165) is 11.1 Å². The molecule has 0 saturated heterocycles. The van der Waals surface area contributed by atoms with Crippen molar-refractivity contribution < 1.29 is 4.79 Å². The standard InChI is InChI=1S/C19H21N3O/c1-14(13-21-19(23)22(2)3)16-8-10-18(11-9-16)17-6-4-15(12-20)5-7-17/h4-11,14H,13H2,1-3H3,(H,21,23). The van der Waals surface area contributed by atoms with Crippen molar-refractivity contribution in [2.75, 3.05) is 20.6 Å². The van der Waals surface area contributed by atoms with E-state index in [0.29, 0.717) is 12.1 Å². The van der Waals surface area contributed by atoms with Crippen LogP contribution in [0.2, 0.25) is 0 Å². The van der Waals surface area contributed by atoms with Crippen molar-refractivity contribution in [3.8, 4) is 17.2 Å². The van der Waals surface area contributed by atoms with Crippen LogP contribution in [0.1, 0.15) is 24.0 Å². The maximum atomic E-state index is 11.6. The Morgan fingerprint density at radius 2 is 1.61 bits per heavy atom. The second-order valence-corrected chi connectivity index (χ2v) is 5.79. The Labute approximate surface area is 137 Å². The maximum absolute atomic E-state index is 11.6. The van der Waals surface area contributed by atoms with Gasteiger partial charge in [-0.2, -0.15) is 5.26 Å². The highest BCUT2D eigenvalue weighted by molar-refractivity contribution is 5.73. The van der Waals surface area contributed by atoms with Crippen molar-refractivity contribution in [2.45, 2.75) is 12.8 Å². The third-order valence-electron chi connectivity index (χ3n) is 3.79. The molecule has 0 fully saturated rings. The predicted molar refractivity (Wildman–Crippen MR) is 92.1 cm³/mol. The van der Waals surface area contributed by atoms with Crippen LogP contribution in [0.25, 0.3) is 11.1 Å². The molecule has 0 bridgehead atoms. The van der Waals surface area contributed by atoms with Gasteiger partial charge < -0.3 is 10.2 Å². The Morgan fingerprint density at radius 3 is 2.09 bits per heavy atom. The van der Waals surface area contributed by atoms with E-state index in [1.165, 1.54) is 10.5 Å². The molecule has 0 saturated carbocycles.